The van der Waals surface area contributed by atoms with Crippen LogP contribution in [0.2, 0.25) is 0 Å². The van der Waals surface area contributed by atoms with Crippen LogP contribution in [0.25, 0.3) is 0 Å². The smallest absolute Gasteiger partial charge is 0.417 e. The van der Waals surface area contributed by atoms with E-state index in [0.29, 0.717) is 0 Å². The van der Waals surface area contributed by atoms with Gasteiger partial charge < -0.3 is 5.11 Å². The second-order valence-corrected chi connectivity index (χ2v) is 4.47. The fraction of sp³-hybridized carbons (Fsp3) is 0.0667. The van der Waals surface area contributed by atoms with Gasteiger partial charge in [0.2, 0.25) is 0 Å². The Balaban J connectivity index is 2.12. The van der Waals surface area contributed by atoms with Crippen LogP contribution in [0.4, 0.5) is 13.2 Å². The first kappa shape index (κ1) is 16.3. The molecule has 2 rings (SSSR count). The topological polar surface area (TPSA) is 78.4 Å². The molecule has 120 valence electrons. The molecule has 0 fully saturated rings. The normalized spacial score (nSPS) is 10.9. The van der Waals surface area contributed by atoms with Crippen molar-refractivity contribution in [3.05, 3.63) is 65.2 Å². The first-order valence-corrected chi connectivity index (χ1v) is 6.35. The van der Waals surface area contributed by atoms with Gasteiger partial charge in [-0.1, -0.05) is 24.3 Å². The van der Waals surface area contributed by atoms with Crippen molar-refractivity contribution in [2.45, 2.75) is 6.18 Å². The van der Waals surface area contributed by atoms with Crippen LogP contribution in [0.1, 0.15) is 26.3 Å². The number of halogens is 3. The van der Waals surface area contributed by atoms with Gasteiger partial charge in [0, 0.05) is 0 Å². The number of phenols is 1. The highest BCUT2D eigenvalue weighted by molar-refractivity contribution is 6.01. The molecule has 0 radical (unpaired) electrons. The van der Waals surface area contributed by atoms with Crippen molar-refractivity contribution in [2.75, 3.05) is 0 Å². The van der Waals surface area contributed by atoms with Crippen LogP contribution in [0.3, 0.4) is 0 Å². The summed E-state index contributed by atoms with van der Waals surface area (Å²) in [5.41, 5.74) is 1.97. The Morgan fingerprint density at radius 1 is 0.826 bits per heavy atom. The first-order chi connectivity index (χ1) is 10.8. The quantitative estimate of drug-likeness (QED) is 0.743. The van der Waals surface area contributed by atoms with Gasteiger partial charge in [-0.15, -0.1) is 0 Å². The molecule has 5 nitrogen and oxygen atoms in total. The van der Waals surface area contributed by atoms with Crippen molar-refractivity contribution in [3.63, 3.8) is 0 Å². The lowest BCUT2D eigenvalue weighted by Gasteiger charge is -2.13. The van der Waals surface area contributed by atoms with Gasteiger partial charge in [-0.05, 0) is 24.3 Å². The summed E-state index contributed by atoms with van der Waals surface area (Å²) in [5, 5.41) is 9.49. The first-order valence-electron chi connectivity index (χ1n) is 6.35. The highest BCUT2D eigenvalue weighted by atomic mass is 19.4. The molecule has 8 heteroatoms. The molecule has 0 unspecified atom stereocenters. The molecule has 0 aromatic heterocycles. The molecule has 0 atom stereocenters. The number of benzene rings is 2. The lowest BCUT2D eigenvalue weighted by molar-refractivity contribution is -0.137. The van der Waals surface area contributed by atoms with Gasteiger partial charge in [0.05, 0.1) is 16.7 Å². The largest absolute Gasteiger partial charge is 0.507 e. The molecule has 2 aromatic carbocycles. The molecule has 2 amide bonds. The predicted octanol–water partition coefficient (Wildman–Crippen LogP) is 2.49. The third-order valence-electron chi connectivity index (χ3n) is 2.92. The molecule has 0 spiro atoms. The highest BCUT2D eigenvalue weighted by Gasteiger charge is 2.34. The van der Waals surface area contributed by atoms with Crippen molar-refractivity contribution in [2.24, 2.45) is 0 Å². The zero-order valence-electron chi connectivity index (χ0n) is 11.5. The second-order valence-electron chi connectivity index (χ2n) is 4.47. The zero-order valence-corrected chi connectivity index (χ0v) is 11.5. The zero-order chi connectivity index (χ0) is 17.0. The Hall–Kier alpha value is -3.03. The number of hydrogen-bond donors (Lipinski definition) is 3. The van der Waals surface area contributed by atoms with E-state index < -0.39 is 29.1 Å². The van der Waals surface area contributed by atoms with Crippen LogP contribution in [0.5, 0.6) is 5.75 Å². The van der Waals surface area contributed by atoms with Crippen LogP contribution in [-0.4, -0.2) is 16.9 Å². The van der Waals surface area contributed by atoms with Gasteiger partial charge in [-0.25, -0.2) is 0 Å². The summed E-state index contributed by atoms with van der Waals surface area (Å²) < 4.78 is 38.5. The summed E-state index contributed by atoms with van der Waals surface area (Å²) in [7, 11) is 0. The maximum atomic E-state index is 12.8. The number of nitrogens with one attached hydrogen (secondary N) is 2. The number of rotatable bonds is 2. The number of phenolic OH excluding ortho intramolecular Hbond substituents is 1. The molecule has 0 aliphatic carbocycles. The van der Waals surface area contributed by atoms with E-state index in [4.69, 9.17) is 0 Å². The molecule has 0 aliphatic heterocycles. The molecule has 0 heterocycles. The minimum atomic E-state index is -4.70. The Kier molecular flexibility index (Phi) is 4.54. The summed E-state index contributed by atoms with van der Waals surface area (Å²) in [6.07, 6.45) is -4.70. The molecule has 3 N–H and O–H groups in total. The van der Waals surface area contributed by atoms with E-state index in [1.165, 1.54) is 30.3 Å². The molecule has 2 aromatic rings. The third kappa shape index (κ3) is 3.79. The van der Waals surface area contributed by atoms with Crippen LogP contribution in [0.15, 0.2) is 48.5 Å². The van der Waals surface area contributed by atoms with Crippen LogP contribution in [0, 0.1) is 0 Å². The number of para-hydroxylation sites is 1. The molecule has 0 bridgehead atoms. The number of carbonyl (C=O) groups is 2. The Morgan fingerprint density at radius 2 is 1.30 bits per heavy atom. The monoisotopic (exact) mass is 324 g/mol. The number of alkyl halides is 3. The maximum Gasteiger partial charge on any atom is 0.417 e. The van der Waals surface area contributed by atoms with Gasteiger partial charge in [-0.3, -0.25) is 20.4 Å². The number of amides is 2. The maximum absolute atomic E-state index is 12.8. The molecule has 0 aliphatic rings. The third-order valence-corrected chi connectivity index (χ3v) is 2.92. The van der Waals surface area contributed by atoms with Gasteiger partial charge in [0.1, 0.15) is 5.75 Å². The Morgan fingerprint density at radius 3 is 1.87 bits per heavy atom. The van der Waals surface area contributed by atoms with E-state index in [2.05, 4.69) is 0 Å². The van der Waals surface area contributed by atoms with Crippen molar-refractivity contribution in [3.8, 4) is 5.75 Å². The van der Waals surface area contributed by atoms with E-state index in [0.717, 1.165) is 18.2 Å². The fourth-order valence-electron chi connectivity index (χ4n) is 1.84. The van der Waals surface area contributed by atoms with E-state index in [1.54, 1.807) is 0 Å². The lowest BCUT2D eigenvalue weighted by Crippen LogP contribution is -2.42. The van der Waals surface area contributed by atoms with E-state index in [9.17, 15) is 27.9 Å². The van der Waals surface area contributed by atoms with Crippen molar-refractivity contribution in [1.82, 2.24) is 10.9 Å². The molecule has 0 saturated carbocycles. The summed E-state index contributed by atoms with van der Waals surface area (Å²) in [6.45, 7) is 0. The lowest BCUT2D eigenvalue weighted by atomic mass is 10.1. The number of carbonyl (C=O) groups excluding carboxylic acids is 2. The van der Waals surface area contributed by atoms with Gasteiger partial charge in [0.15, 0.2) is 0 Å². The van der Waals surface area contributed by atoms with Gasteiger partial charge in [-0.2, -0.15) is 13.2 Å². The molecule has 23 heavy (non-hydrogen) atoms. The van der Waals surface area contributed by atoms with E-state index in [1.807, 2.05) is 10.9 Å². The van der Waals surface area contributed by atoms with Gasteiger partial charge in [0.25, 0.3) is 11.8 Å². The molecular formula is C15H11F3N2O3. The van der Waals surface area contributed by atoms with Crippen LogP contribution < -0.4 is 10.9 Å². The summed E-state index contributed by atoms with van der Waals surface area (Å²) in [4.78, 5) is 23.6. The number of aromatic hydroxyl groups is 1. The number of hydrazine groups is 1. The van der Waals surface area contributed by atoms with Crippen LogP contribution in [-0.2, 0) is 6.18 Å². The number of hydrogen-bond acceptors (Lipinski definition) is 3. The van der Waals surface area contributed by atoms with E-state index >= 15 is 0 Å². The standard InChI is InChI=1S/C15H11F3N2O3/c16-15(17,18)11-7-3-1-5-9(11)13(22)19-20-14(23)10-6-2-4-8-12(10)21/h1-8,21H,(H,19,22)(H,20,23). The average Bonchev–Trinajstić information content (AvgIpc) is 2.52. The molecular weight excluding hydrogens is 313 g/mol. The summed E-state index contributed by atoms with van der Waals surface area (Å²) >= 11 is 0. The Bertz CT molecular complexity index is 745. The van der Waals surface area contributed by atoms with E-state index in [-0.39, 0.29) is 11.3 Å². The van der Waals surface area contributed by atoms with Crippen molar-refractivity contribution in [1.29, 1.82) is 0 Å². The van der Waals surface area contributed by atoms with Gasteiger partial charge >= 0.3 is 6.18 Å². The fourth-order valence-corrected chi connectivity index (χ4v) is 1.84. The minimum absolute atomic E-state index is 0.128. The molecule has 0 saturated heterocycles. The second kappa shape index (κ2) is 6.39. The SMILES string of the molecule is O=C(NNC(=O)c1ccccc1C(F)(F)F)c1ccccc1O. The van der Waals surface area contributed by atoms with Crippen LogP contribution >= 0.6 is 0 Å². The summed E-state index contributed by atoms with van der Waals surface area (Å²) in [5.74, 6) is -2.31. The summed E-state index contributed by atoms with van der Waals surface area (Å²) in [6, 6.07) is 9.70. The highest BCUT2D eigenvalue weighted by Crippen LogP contribution is 2.31. The van der Waals surface area contributed by atoms with Crippen molar-refractivity contribution < 1.29 is 27.9 Å². The predicted molar refractivity (Wildman–Crippen MR) is 74.5 cm³/mol. The minimum Gasteiger partial charge on any atom is -0.507 e. The van der Waals surface area contributed by atoms with Crippen molar-refractivity contribution >= 4 is 11.8 Å². The average molecular weight is 324 g/mol. The Labute approximate surface area is 128 Å².